The van der Waals surface area contributed by atoms with Crippen molar-refractivity contribution in [2.45, 2.75) is 29.8 Å². The van der Waals surface area contributed by atoms with Gasteiger partial charge in [-0.15, -0.1) is 0 Å². The Kier molecular flexibility index (Phi) is 3.22. The zero-order chi connectivity index (χ0) is 13.4. The van der Waals surface area contributed by atoms with Gasteiger partial charge in [-0.1, -0.05) is 0 Å². The van der Waals surface area contributed by atoms with Crippen LogP contribution in [-0.2, 0) is 10.0 Å². The van der Waals surface area contributed by atoms with Crippen LogP contribution in [0.25, 0.3) is 0 Å². The van der Waals surface area contributed by atoms with Crippen molar-refractivity contribution in [1.82, 2.24) is 0 Å². The summed E-state index contributed by atoms with van der Waals surface area (Å²) in [5, 5.41) is 18.0. The van der Waals surface area contributed by atoms with Crippen molar-refractivity contribution in [3.8, 4) is 0 Å². The third-order valence-electron chi connectivity index (χ3n) is 3.24. The number of nitrogens with one attached hydrogen (secondary N) is 1. The number of primary sulfonamides is 1. The molecule has 6 N–H and O–H groups in total. The molecule has 1 aliphatic rings. The first-order chi connectivity index (χ1) is 8.30. The Morgan fingerprint density at radius 1 is 1.39 bits per heavy atom. The van der Waals surface area contributed by atoms with Crippen LogP contribution >= 0.6 is 0 Å². The minimum absolute atomic E-state index is 0.0205. The number of hydrogen-bond acceptors (Lipinski definition) is 5. The molecule has 1 fully saturated rings. The molecule has 0 saturated heterocycles. The van der Waals surface area contributed by atoms with Gasteiger partial charge >= 0.3 is 0 Å². The first-order valence-corrected chi connectivity index (χ1v) is 7.23. The van der Waals surface area contributed by atoms with Gasteiger partial charge in [0.05, 0.1) is 21.9 Å². The molecule has 0 atom stereocenters. The maximum Gasteiger partial charge on any atom is 0.238 e. The molecule has 6 nitrogen and oxygen atoms in total. The third-order valence-corrected chi connectivity index (χ3v) is 4.15. The number of aliphatic hydroxyl groups is 1. The molecule has 0 aliphatic heterocycles. The van der Waals surface area contributed by atoms with Gasteiger partial charge in [0, 0.05) is 6.54 Å². The van der Waals surface area contributed by atoms with E-state index in [1.165, 1.54) is 12.1 Å². The average molecular weight is 271 g/mol. The fourth-order valence-corrected chi connectivity index (χ4v) is 2.45. The van der Waals surface area contributed by atoms with E-state index >= 15 is 0 Å². The van der Waals surface area contributed by atoms with Gasteiger partial charge in [-0.05, 0) is 37.5 Å². The summed E-state index contributed by atoms with van der Waals surface area (Å²) in [7, 11) is -3.74. The number of hydrogen-bond donors (Lipinski definition) is 4. The smallest absolute Gasteiger partial charge is 0.238 e. The number of benzene rings is 1. The molecule has 1 aliphatic carbocycles. The first kappa shape index (κ1) is 13.1. The number of nitrogen functional groups attached to an aromatic ring is 1. The number of anilines is 2. The Balaban J connectivity index is 2.10. The van der Waals surface area contributed by atoms with E-state index in [1.807, 2.05) is 0 Å². The largest absolute Gasteiger partial charge is 0.397 e. The summed E-state index contributed by atoms with van der Waals surface area (Å²) in [4.78, 5) is -0.0205. The van der Waals surface area contributed by atoms with E-state index < -0.39 is 15.6 Å². The summed E-state index contributed by atoms with van der Waals surface area (Å²) >= 11 is 0. The molecule has 0 amide bonds. The van der Waals surface area contributed by atoms with Crippen molar-refractivity contribution in [3.05, 3.63) is 18.2 Å². The lowest BCUT2D eigenvalue weighted by Crippen LogP contribution is -2.43. The Hall–Kier alpha value is -1.31. The fourth-order valence-electron chi connectivity index (χ4n) is 1.90. The average Bonchev–Trinajstić information content (AvgIpc) is 2.23. The van der Waals surface area contributed by atoms with Crippen molar-refractivity contribution in [2.75, 3.05) is 17.6 Å². The molecule has 0 radical (unpaired) electrons. The summed E-state index contributed by atoms with van der Waals surface area (Å²) in [6.07, 6.45) is 2.57. The molecule has 1 aromatic carbocycles. The molecule has 1 aromatic rings. The van der Waals surface area contributed by atoms with E-state index in [9.17, 15) is 13.5 Å². The lowest BCUT2D eigenvalue weighted by molar-refractivity contribution is -0.0201. The number of rotatable bonds is 4. The van der Waals surface area contributed by atoms with Gasteiger partial charge in [-0.25, -0.2) is 13.6 Å². The van der Waals surface area contributed by atoms with Crippen LogP contribution in [0.4, 0.5) is 11.4 Å². The van der Waals surface area contributed by atoms with Crippen LogP contribution in [0.5, 0.6) is 0 Å². The lowest BCUT2D eigenvalue weighted by atomic mass is 9.80. The third kappa shape index (κ3) is 2.74. The van der Waals surface area contributed by atoms with Crippen molar-refractivity contribution >= 4 is 21.4 Å². The fraction of sp³-hybridized carbons (Fsp3) is 0.455. The second kappa shape index (κ2) is 4.42. The molecule has 7 heteroatoms. The van der Waals surface area contributed by atoms with Gasteiger partial charge in [-0.2, -0.15) is 0 Å². The first-order valence-electron chi connectivity index (χ1n) is 5.69. The monoisotopic (exact) mass is 271 g/mol. The van der Waals surface area contributed by atoms with Crippen LogP contribution in [-0.4, -0.2) is 25.7 Å². The summed E-state index contributed by atoms with van der Waals surface area (Å²) < 4.78 is 22.3. The van der Waals surface area contributed by atoms with E-state index in [1.54, 1.807) is 6.07 Å². The van der Waals surface area contributed by atoms with Gasteiger partial charge in [0.1, 0.15) is 0 Å². The molecule has 0 unspecified atom stereocenters. The van der Waals surface area contributed by atoms with Crippen molar-refractivity contribution < 1.29 is 13.5 Å². The van der Waals surface area contributed by atoms with Gasteiger partial charge < -0.3 is 16.2 Å². The predicted octanol–water partition coefficient (Wildman–Crippen LogP) is 0.243. The highest BCUT2D eigenvalue weighted by Gasteiger charge is 2.34. The highest BCUT2D eigenvalue weighted by Crippen LogP contribution is 2.32. The molecular weight excluding hydrogens is 254 g/mol. The molecule has 0 spiro atoms. The molecule has 2 rings (SSSR count). The van der Waals surface area contributed by atoms with Crippen molar-refractivity contribution in [1.29, 1.82) is 0 Å². The van der Waals surface area contributed by atoms with Gasteiger partial charge in [0.25, 0.3) is 0 Å². The van der Waals surface area contributed by atoms with Crippen molar-refractivity contribution in [2.24, 2.45) is 5.14 Å². The van der Waals surface area contributed by atoms with Crippen LogP contribution in [0.1, 0.15) is 19.3 Å². The topological polar surface area (TPSA) is 118 Å². The second-order valence-electron chi connectivity index (χ2n) is 4.73. The minimum Gasteiger partial charge on any atom is -0.397 e. The van der Waals surface area contributed by atoms with E-state index in [0.29, 0.717) is 17.9 Å². The summed E-state index contributed by atoms with van der Waals surface area (Å²) in [5.41, 5.74) is 5.98. The summed E-state index contributed by atoms with van der Waals surface area (Å²) in [5.74, 6) is 0. The standard InChI is InChI=1S/C11H17N3O3S/c12-9-6-8(18(13,16)17)2-3-10(9)14-7-11(15)4-1-5-11/h2-3,6,14-15H,1,4-5,7,12H2,(H2,13,16,17). The van der Waals surface area contributed by atoms with Crippen molar-refractivity contribution in [3.63, 3.8) is 0 Å². The highest BCUT2D eigenvalue weighted by atomic mass is 32.2. The zero-order valence-corrected chi connectivity index (χ0v) is 10.7. The zero-order valence-electron chi connectivity index (χ0n) is 9.89. The Morgan fingerprint density at radius 2 is 2.06 bits per heavy atom. The van der Waals surface area contributed by atoms with E-state index in [0.717, 1.165) is 19.3 Å². The Bertz CT molecular complexity index is 553. The molecule has 1 saturated carbocycles. The van der Waals surface area contributed by atoms with E-state index in [4.69, 9.17) is 10.9 Å². The second-order valence-corrected chi connectivity index (χ2v) is 6.29. The Labute approximate surface area is 106 Å². The van der Waals surface area contributed by atoms with Crippen LogP contribution in [0.3, 0.4) is 0 Å². The normalized spacial score (nSPS) is 18.1. The Morgan fingerprint density at radius 3 is 2.50 bits per heavy atom. The van der Waals surface area contributed by atoms with Crippen LogP contribution in [0.15, 0.2) is 23.1 Å². The lowest BCUT2D eigenvalue weighted by Gasteiger charge is -2.37. The van der Waals surface area contributed by atoms with Crippen LogP contribution in [0.2, 0.25) is 0 Å². The molecule has 18 heavy (non-hydrogen) atoms. The predicted molar refractivity (Wildman–Crippen MR) is 69.5 cm³/mol. The molecular formula is C11H17N3O3S. The van der Waals surface area contributed by atoms with Gasteiger partial charge in [0.2, 0.25) is 10.0 Å². The quantitative estimate of drug-likeness (QED) is 0.585. The van der Waals surface area contributed by atoms with Gasteiger partial charge in [0.15, 0.2) is 0 Å². The molecule has 0 bridgehead atoms. The van der Waals surface area contributed by atoms with Crippen LogP contribution in [0, 0.1) is 0 Å². The van der Waals surface area contributed by atoms with Gasteiger partial charge in [-0.3, -0.25) is 0 Å². The highest BCUT2D eigenvalue weighted by molar-refractivity contribution is 7.89. The maximum absolute atomic E-state index is 11.1. The number of sulfonamides is 1. The molecule has 100 valence electrons. The summed E-state index contributed by atoms with van der Waals surface area (Å²) in [6.45, 7) is 0.409. The molecule has 0 aromatic heterocycles. The van der Waals surface area contributed by atoms with E-state index in [2.05, 4.69) is 5.32 Å². The number of nitrogens with two attached hydrogens (primary N) is 2. The maximum atomic E-state index is 11.1. The SMILES string of the molecule is Nc1cc(S(N)(=O)=O)ccc1NCC1(O)CCC1. The van der Waals surface area contributed by atoms with Crippen LogP contribution < -0.4 is 16.2 Å². The minimum atomic E-state index is -3.74. The van der Waals surface area contributed by atoms with E-state index in [-0.39, 0.29) is 4.90 Å². The molecule has 0 heterocycles. The summed E-state index contributed by atoms with van der Waals surface area (Å²) in [6, 6.07) is 4.25.